The van der Waals surface area contributed by atoms with Crippen LogP contribution in [0.4, 0.5) is 13.2 Å². The topological polar surface area (TPSA) is 65.2 Å². The number of fused-ring (bicyclic) bond motifs is 5. The number of hydrogen-bond donors (Lipinski definition) is 0. The molecule has 190 valence electrons. The Labute approximate surface area is 206 Å². The highest BCUT2D eigenvalue weighted by atomic mass is 19.2. The summed E-state index contributed by atoms with van der Waals surface area (Å²) < 4.78 is 51.2. The monoisotopic (exact) mass is 499 g/mol. The number of amides is 1. The number of carbonyl (C=O) groups is 1. The number of carbonyl (C=O) groups excluding carboxylic acids is 1. The van der Waals surface area contributed by atoms with Gasteiger partial charge in [0.25, 0.3) is 5.91 Å². The van der Waals surface area contributed by atoms with Gasteiger partial charge in [-0.15, -0.1) is 0 Å². The second-order valence-corrected chi connectivity index (χ2v) is 10.7. The van der Waals surface area contributed by atoms with Crippen LogP contribution in [0.3, 0.4) is 0 Å². The van der Waals surface area contributed by atoms with Crippen molar-refractivity contribution in [2.24, 2.45) is 7.05 Å². The maximum absolute atomic E-state index is 14.1. The van der Waals surface area contributed by atoms with E-state index in [9.17, 15) is 18.0 Å². The first-order chi connectivity index (χ1) is 17.1. The highest BCUT2D eigenvalue weighted by Gasteiger charge is 2.45. The van der Waals surface area contributed by atoms with Gasteiger partial charge in [-0.05, 0) is 58.6 Å². The van der Waals surface area contributed by atoms with E-state index in [0.29, 0.717) is 36.5 Å². The van der Waals surface area contributed by atoms with Crippen molar-refractivity contribution in [1.82, 2.24) is 24.5 Å². The van der Waals surface area contributed by atoms with Crippen LogP contribution < -0.4 is 0 Å². The molecule has 7 nitrogen and oxygen atoms in total. The second-order valence-electron chi connectivity index (χ2n) is 10.7. The Morgan fingerprint density at radius 2 is 1.86 bits per heavy atom. The highest BCUT2D eigenvalue weighted by Crippen LogP contribution is 2.45. The fourth-order valence-electron chi connectivity index (χ4n) is 6.19. The molecule has 6 rings (SSSR count). The van der Waals surface area contributed by atoms with E-state index in [1.807, 2.05) is 30.4 Å². The number of piperidine rings is 1. The Bertz CT molecular complexity index is 1390. The molecule has 0 N–H and O–H groups in total. The summed E-state index contributed by atoms with van der Waals surface area (Å²) in [7, 11) is 1.71. The molecule has 5 heterocycles. The predicted molar refractivity (Wildman–Crippen MR) is 125 cm³/mol. The lowest BCUT2D eigenvalue weighted by Crippen LogP contribution is -2.50. The minimum absolute atomic E-state index is 0.0801. The molecule has 2 unspecified atom stereocenters. The highest BCUT2D eigenvalue weighted by molar-refractivity contribution is 5.97. The van der Waals surface area contributed by atoms with Gasteiger partial charge in [-0.2, -0.15) is 10.2 Å². The van der Waals surface area contributed by atoms with Gasteiger partial charge in [0, 0.05) is 24.2 Å². The first-order valence-electron chi connectivity index (χ1n) is 12.3. The number of rotatable bonds is 2. The average molecular weight is 500 g/mol. The zero-order chi connectivity index (χ0) is 25.5. The first kappa shape index (κ1) is 23.3. The maximum Gasteiger partial charge on any atom is 0.258 e. The van der Waals surface area contributed by atoms with Crippen molar-refractivity contribution in [1.29, 1.82) is 0 Å². The van der Waals surface area contributed by atoms with Crippen molar-refractivity contribution in [2.45, 2.75) is 77.3 Å². The molecule has 3 aromatic rings. The standard InChI is InChI=1S/C26H28F3N5O2/c1-13-21(20-11-36-26(2,3)12-33(20)30-13)25(35)34-15-6-5-7-19(34)23-16(10-15)24(32(4)31-23)14-8-17(27)22(29)18(28)9-14/h8-9,15,19H,5-7,10-12H2,1-4H3. The number of hydrogen-bond acceptors (Lipinski definition) is 4. The van der Waals surface area contributed by atoms with Crippen molar-refractivity contribution in [2.75, 3.05) is 0 Å². The van der Waals surface area contributed by atoms with Crippen LogP contribution in [-0.2, 0) is 31.4 Å². The minimum atomic E-state index is -1.49. The van der Waals surface area contributed by atoms with Gasteiger partial charge < -0.3 is 9.64 Å². The number of aryl methyl sites for hydroxylation is 2. The molecule has 1 fully saturated rings. The van der Waals surface area contributed by atoms with Crippen LogP contribution in [-0.4, -0.2) is 42.0 Å². The van der Waals surface area contributed by atoms with Gasteiger partial charge in [-0.1, -0.05) is 0 Å². The van der Waals surface area contributed by atoms with Crippen LogP contribution in [0.1, 0.15) is 72.2 Å². The van der Waals surface area contributed by atoms with Crippen LogP contribution in [0.25, 0.3) is 11.3 Å². The zero-order valence-electron chi connectivity index (χ0n) is 20.7. The number of benzene rings is 1. The molecular weight excluding hydrogens is 471 g/mol. The molecule has 2 atom stereocenters. The average Bonchev–Trinajstić information content (AvgIpc) is 3.30. The molecule has 0 radical (unpaired) electrons. The van der Waals surface area contributed by atoms with Gasteiger partial charge in [-0.25, -0.2) is 13.2 Å². The fourth-order valence-corrected chi connectivity index (χ4v) is 6.19. The van der Waals surface area contributed by atoms with E-state index in [1.165, 1.54) is 0 Å². The Morgan fingerprint density at radius 1 is 1.14 bits per heavy atom. The fraction of sp³-hybridized carbons (Fsp3) is 0.500. The number of aromatic nitrogens is 4. The van der Waals surface area contributed by atoms with E-state index in [1.54, 1.807) is 11.7 Å². The predicted octanol–water partition coefficient (Wildman–Crippen LogP) is 4.61. The van der Waals surface area contributed by atoms with E-state index in [0.717, 1.165) is 48.3 Å². The third-order valence-electron chi connectivity index (χ3n) is 7.74. The Kier molecular flexibility index (Phi) is 5.13. The van der Waals surface area contributed by atoms with Crippen LogP contribution in [0, 0.1) is 24.4 Å². The smallest absolute Gasteiger partial charge is 0.258 e. The van der Waals surface area contributed by atoms with Gasteiger partial charge in [0.05, 0.1) is 53.1 Å². The summed E-state index contributed by atoms with van der Waals surface area (Å²) in [5, 5.41) is 9.36. The lowest BCUT2D eigenvalue weighted by Gasteiger charge is -2.45. The molecule has 0 spiro atoms. The summed E-state index contributed by atoms with van der Waals surface area (Å²) in [5.41, 5.74) is 4.09. The van der Waals surface area contributed by atoms with E-state index in [4.69, 9.17) is 9.84 Å². The summed E-state index contributed by atoms with van der Waals surface area (Å²) in [5.74, 6) is -4.04. The number of halogens is 3. The molecule has 0 aliphatic carbocycles. The molecular formula is C26H28F3N5O2. The van der Waals surface area contributed by atoms with Crippen LogP contribution in [0.5, 0.6) is 0 Å². The molecule has 2 aromatic heterocycles. The van der Waals surface area contributed by atoms with Crippen molar-refractivity contribution in [3.63, 3.8) is 0 Å². The SMILES string of the molecule is Cc1nn2c(c1C(=O)N1C3CCCC1c1nn(C)c(-c4cc(F)c(F)c(F)c4)c1C3)COC(C)(C)C2. The minimum Gasteiger partial charge on any atom is -0.367 e. The molecule has 1 aromatic carbocycles. The van der Waals surface area contributed by atoms with Crippen LogP contribution in [0.2, 0.25) is 0 Å². The van der Waals surface area contributed by atoms with Gasteiger partial charge in [-0.3, -0.25) is 14.2 Å². The van der Waals surface area contributed by atoms with E-state index < -0.39 is 17.5 Å². The quantitative estimate of drug-likeness (QED) is 0.483. The lowest BCUT2D eigenvalue weighted by molar-refractivity contribution is -0.0664. The lowest BCUT2D eigenvalue weighted by atomic mass is 9.81. The second kappa shape index (κ2) is 7.93. The van der Waals surface area contributed by atoms with Crippen molar-refractivity contribution in [3.8, 4) is 11.3 Å². The van der Waals surface area contributed by atoms with E-state index in [-0.39, 0.29) is 29.2 Å². The van der Waals surface area contributed by atoms with Crippen molar-refractivity contribution < 1.29 is 22.7 Å². The molecule has 1 amide bonds. The summed E-state index contributed by atoms with van der Waals surface area (Å²) in [6.45, 7) is 6.75. The molecule has 2 bridgehead atoms. The van der Waals surface area contributed by atoms with Crippen LogP contribution in [0.15, 0.2) is 12.1 Å². The van der Waals surface area contributed by atoms with Crippen molar-refractivity contribution >= 4 is 5.91 Å². The van der Waals surface area contributed by atoms with E-state index in [2.05, 4.69) is 5.10 Å². The maximum atomic E-state index is 14.1. The number of ether oxygens (including phenoxy) is 1. The molecule has 36 heavy (non-hydrogen) atoms. The molecule has 10 heteroatoms. The Balaban J connectivity index is 1.41. The van der Waals surface area contributed by atoms with Gasteiger partial charge >= 0.3 is 0 Å². The summed E-state index contributed by atoms with van der Waals surface area (Å²) in [6, 6.07) is 1.67. The van der Waals surface area contributed by atoms with E-state index >= 15 is 0 Å². The Morgan fingerprint density at radius 3 is 2.58 bits per heavy atom. The molecule has 1 saturated heterocycles. The van der Waals surface area contributed by atoms with Gasteiger partial charge in [0.1, 0.15) is 0 Å². The van der Waals surface area contributed by atoms with Gasteiger partial charge in [0.15, 0.2) is 17.5 Å². The van der Waals surface area contributed by atoms with Gasteiger partial charge in [0.2, 0.25) is 0 Å². The number of nitrogens with zero attached hydrogens (tertiary/aromatic N) is 5. The third kappa shape index (κ3) is 3.41. The Hall–Kier alpha value is -3.14. The first-order valence-corrected chi connectivity index (χ1v) is 12.3. The molecule has 3 aliphatic rings. The summed E-state index contributed by atoms with van der Waals surface area (Å²) in [4.78, 5) is 16.0. The molecule has 3 aliphatic heterocycles. The largest absolute Gasteiger partial charge is 0.367 e. The summed E-state index contributed by atoms with van der Waals surface area (Å²) in [6.07, 6.45) is 3.01. The molecule has 0 saturated carbocycles. The normalized spacial score (nSPS) is 22.4. The summed E-state index contributed by atoms with van der Waals surface area (Å²) >= 11 is 0. The van der Waals surface area contributed by atoms with Crippen molar-refractivity contribution in [3.05, 3.63) is 57.8 Å². The third-order valence-corrected chi connectivity index (χ3v) is 7.74. The zero-order valence-corrected chi connectivity index (χ0v) is 20.7. The van der Waals surface area contributed by atoms with Crippen LogP contribution >= 0.6 is 0 Å².